The Morgan fingerprint density at radius 2 is 2.19 bits per heavy atom. The lowest BCUT2D eigenvalue weighted by molar-refractivity contribution is -0.145. The van der Waals surface area contributed by atoms with Crippen LogP contribution in [0, 0.1) is 5.41 Å². The van der Waals surface area contributed by atoms with E-state index in [1.807, 2.05) is 0 Å². The van der Waals surface area contributed by atoms with Crippen LogP contribution in [0.1, 0.15) is 33.6 Å². The Kier molecular flexibility index (Phi) is 3.97. The maximum atomic E-state index is 11.2. The Morgan fingerprint density at radius 3 is 2.62 bits per heavy atom. The average molecular weight is 228 g/mol. The Labute approximate surface area is 98.0 Å². The zero-order chi connectivity index (χ0) is 12.4. The first-order valence-corrected chi connectivity index (χ1v) is 5.94. The molecule has 1 fully saturated rings. The topological polar surface area (TPSA) is 52.6 Å². The van der Waals surface area contributed by atoms with Gasteiger partial charge in [-0.15, -0.1) is 0 Å². The van der Waals surface area contributed by atoms with Crippen molar-refractivity contribution in [2.75, 3.05) is 26.7 Å². The normalized spacial score (nSPS) is 25.0. The van der Waals surface area contributed by atoms with Crippen molar-refractivity contribution < 1.29 is 9.90 Å². The number of carboxylic acids is 1. The molecule has 1 rings (SSSR count). The number of piperidine rings is 1. The van der Waals surface area contributed by atoms with Gasteiger partial charge < -0.3 is 15.3 Å². The highest BCUT2D eigenvalue weighted by atomic mass is 16.4. The summed E-state index contributed by atoms with van der Waals surface area (Å²) < 4.78 is 0. The second kappa shape index (κ2) is 4.72. The second-order valence-electron chi connectivity index (χ2n) is 5.87. The Bertz CT molecular complexity index is 266. The largest absolute Gasteiger partial charge is 0.480 e. The highest BCUT2D eigenvalue weighted by Crippen LogP contribution is 2.29. The number of carbonyl (C=O) groups is 1. The van der Waals surface area contributed by atoms with Crippen LogP contribution in [-0.4, -0.2) is 48.2 Å². The number of likely N-dealkylation sites (N-methyl/N-ethyl adjacent to an activating group) is 1. The molecule has 4 heteroatoms. The molecule has 16 heavy (non-hydrogen) atoms. The molecule has 1 aliphatic heterocycles. The molecule has 1 atom stereocenters. The molecule has 0 aromatic carbocycles. The molecule has 1 unspecified atom stereocenters. The van der Waals surface area contributed by atoms with Gasteiger partial charge in [0.2, 0.25) is 0 Å². The number of rotatable bonds is 4. The summed E-state index contributed by atoms with van der Waals surface area (Å²) in [5, 5.41) is 12.1. The van der Waals surface area contributed by atoms with Gasteiger partial charge in [0.25, 0.3) is 0 Å². The summed E-state index contributed by atoms with van der Waals surface area (Å²) >= 11 is 0. The lowest BCUT2D eigenvalue weighted by Gasteiger charge is -2.41. The molecule has 0 spiro atoms. The average Bonchev–Trinajstić information content (AvgIpc) is 2.15. The lowest BCUT2D eigenvalue weighted by Crippen LogP contribution is -2.57. The molecule has 0 amide bonds. The predicted molar refractivity (Wildman–Crippen MR) is 64.6 cm³/mol. The summed E-state index contributed by atoms with van der Waals surface area (Å²) in [5.74, 6) is -0.779. The first kappa shape index (κ1) is 13.5. The van der Waals surface area contributed by atoms with Gasteiger partial charge in [0.1, 0.15) is 5.54 Å². The SMILES string of the molecule is CNC(C)(CN1CCCC(C)(C)C1)C(=O)O. The summed E-state index contributed by atoms with van der Waals surface area (Å²) in [6.07, 6.45) is 2.39. The molecule has 0 bridgehead atoms. The van der Waals surface area contributed by atoms with Crippen LogP contribution in [0.25, 0.3) is 0 Å². The quantitative estimate of drug-likeness (QED) is 0.758. The number of hydrogen-bond donors (Lipinski definition) is 2. The number of carboxylic acid groups (broad SMARTS) is 1. The highest BCUT2D eigenvalue weighted by Gasteiger charge is 2.36. The van der Waals surface area contributed by atoms with Crippen molar-refractivity contribution in [2.24, 2.45) is 5.41 Å². The minimum absolute atomic E-state index is 0.311. The van der Waals surface area contributed by atoms with Gasteiger partial charge in [-0.3, -0.25) is 4.79 Å². The minimum Gasteiger partial charge on any atom is -0.480 e. The van der Waals surface area contributed by atoms with Crippen LogP contribution >= 0.6 is 0 Å². The number of likely N-dealkylation sites (tertiary alicyclic amines) is 1. The minimum atomic E-state index is -0.840. The highest BCUT2D eigenvalue weighted by molar-refractivity contribution is 5.78. The number of nitrogens with one attached hydrogen (secondary N) is 1. The maximum Gasteiger partial charge on any atom is 0.324 e. The van der Waals surface area contributed by atoms with Crippen molar-refractivity contribution in [3.63, 3.8) is 0 Å². The fourth-order valence-corrected chi connectivity index (χ4v) is 2.38. The third-order valence-electron chi connectivity index (χ3n) is 3.54. The van der Waals surface area contributed by atoms with E-state index in [0.717, 1.165) is 19.5 Å². The fourth-order valence-electron chi connectivity index (χ4n) is 2.38. The van der Waals surface area contributed by atoms with E-state index in [4.69, 9.17) is 0 Å². The predicted octanol–water partition coefficient (Wildman–Crippen LogP) is 1.17. The molecule has 0 aromatic heterocycles. The third kappa shape index (κ3) is 3.19. The first-order chi connectivity index (χ1) is 7.29. The van der Waals surface area contributed by atoms with Gasteiger partial charge in [0.05, 0.1) is 0 Å². The Balaban J connectivity index is 2.62. The monoisotopic (exact) mass is 228 g/mol. The zero-order valence-electron chi connectivity index (χ0n) is 10.8. The van der Waals surface area contributed by atoms with E-state index in [1.54, 1.807) is 14.0 Å². The number of hydrogen-bond acceptors (Lipinski definition) is 3. The van der Waals surface area contributed by atoms with Crippen LogP contribution in [0.15, 0.2) is 0 Å². The van der Waals surface area contributed by atoms with Crippen LogP contribution in [0.3, 0.4) is 0 Å². The van der Waals surface area contributed by atoms with Gasteiger partial charge in [-0.2, -0.15) is 0 Å². The van der Waals surface area contributed by atoms with Gasteiger partial charge in [0, 0.05) is 13.1 Å². The standard InChI is InChI=1S/C12H24N2O2/c1-11(2)6-5-7-14(8-11)9-12(3,13-4)10(15)16/h13H,5-9H2,1-4H3,(H,15,16). The van der Waals surface area contributed by atoms with Crippen molar-refractivity contribution in [1.29, 1.82) is 0 Å². The van der Waals surface area contributed by atoms with E-state index in [0.29, 0.717) is 12.0 Å². The molecule has 1 saturated heterocycles. The Morgan fingerprint density at radius 1 is 1.56 bits per heavy atom. The molecule has 0 saturated carbocycles. The summed E-state index contributed by atoms with van der Waals surface area (Å²) in [6.45, 7) is 8.80. The maximum absolute atomic E-state index is 11.2. The number of aliphatic carboxylic acids is 1. The van der Waals surface area contributed by atoms with Crippen LogP contribution in [-0.2, 0) is 4.79 Å². The molecule has 0 aliphatic carbocycles. The van der Waals surface area contributed by atoms with Crippen molar-refractivity contribution in [3.8, 4) is 0 Å². The van der Waals surface area contributed by atoms with Crippen LogP contribution in [0.2, 0.25) is 0 Å². The van der Waals surface area contributed by atoms with Gasteiger partial charge in [-0.05, 0) is 38.8 Å². The van der Waals surface area contributed by atoms with E-state index < -0.39 is 11.5 Å². The molecular formula is C12H24N2O2. The summed E-state index contributed by atoms with van der Waals surface area (Å²) in [7, 11) is 1.71. The second-order valence-corrected chi connectivity index (χ2v) is 5.87. The summed E-state index contributed by atoms with van der Waals surface area (Å²) in [5.41, 5.74) is -0.529. The third-order valence-corrected chi connectivity index (χ3v) is 3.54. The van der Waals surface area contributed by atoms with E-state index in [-0.39, 0.29) is 0 Å². The molecule has 1 heterocycles. The van der Waals surface area contributed by atoms with E-state index in [9.17, 15) is 9.90 Å². The van der Waals surface area contributed by atoms with Crippen LogP contribution in [0.5, 0.6) is 0 Å². The molecule has 1 aliphatic rings. The number of nitrogens with zero attached hydrogens (tertiary/aromatic N) is 1. The fraction of sp³-hybridized carbons (Fsp3) is 0.917. The van der Waals surface area contributed by atoms with Crippen molar-refractivity contribution in [2.45, 2.75) is 39.2 Å². The smallest absolute Gasteiger partial charge is 0.324 e. The molecule has 94 valence electrons. The summed E-state index contributed by atoms with van der Waals surface area (Å²) in [4.78, 5) is 13.5. The molecule has 2 N–H and O–H groups in total. The van der Waals surface area contributed by atoms with Crippen molar-refractivity contribution in [1.82, 2.24) is 10.2 Å². The first-order valence-electron chi connectivity index (χ1n) is 5.94. The van der Waals surface area contributed by atoms with Gasteiger partial charge in [-0.25, -0.2) is 0 Å². The zero-order valence-corrected chi connectivity index (χ0v) is 10.8. The van der Waals surface area contributed by atoms with Crippen molar-refractivity contribution >= 4 is 5.97 Å². The lowest BCUT2D eigenvalue weighted by atomic mass is 9.83. The van der Waals surface area contributed by atoms with Gasteiger partial charge >= 0.3 is 5.97 Å². The molecule has 0 radical (unpaired) electrons. The van der Waals surface area contributed by atoms with Crippen LogP contribution < -0.4 is 5.32 Å². The molecule has 0 aromatic rings. The summed E-state index contributed by atoms with van der Waals surface area (Å²) in [6, 6.07) is 0. The van der Waals surface area contributed by atoms with E-state index in [1.165, 1.54) is 6.42 Å². The van der Waals surface area contributed by atoms with Crippen molar-refractivity contribution in [3.05, 3.63) is 0 Å². The van der Waals surface area contributed by atoms with Crippen LogP contribution in [0.4, 0.5) is 0 Å². The van der Waals surface area contributed by atoms with E-state index in [2.05, 4.69) is 24.1 Å². The Hall–Kier alpha value is -0.610. The van der Waals surface area contributed by atoms with Gasteiger partial charge in [0.15, 0.2) is 0 Å². The molecular weight excluding hydrogens is 204 g/mol. The van der Waals surface area contributed by atoms with E-state index >= 15 is 0 Å². The molecule has 4 nitrogen and oxygen atoms in total. The van der Waals surface area contributed by atoms with Gasteiger partial charge in [-0.1, -0.05) is 13.8 Å².